The standard InChI is InChI=1S/C21H19N3O2S/c1-14-6-5-7-15-12-13-24(19(14)15)20(25)17-10-11-18(27-17)23-21(26)22-16-8-3-2-4-9-16/h2-11H,12-13H2,1H3,(H2,22,23,26). The summed E-state index contributed by atoms with van der Waals surface area (Å²) in [6.07, 6.45) is 0.874. The van der Waals surface area contributed by atoms with Gasteiger partial charge < -0.3 is 10.2 Å². The molecular weight excluding hydrogens is 358 g/mol. The molecule has 0 radical (unpaired) electrons. The van der Waals surface area contributed by atoms with Gasteiger partial charge in [-0.3, -0.25) is 10.1 Å². The van der Waals surface area contributed by atoms with Crippen LogP contribution in [0.1, 0.15) is 20.8 Å². The third kappa shape index (κ3) is 3.57. The van der Waals surface area contributed by atoms with Crippen LogP contribution in [0.3, 0.4) is 0 Å². The molecule has 3 amide bonds. The molecule has 0 fully saturated rings. The van der Waals surface area contributed by atoms with Gasteiger partial charge in [0.15, 0.2) is 0 Å². The fraction of sp³-hybridized carbons (Fsp3) is 0.143. The van der Waals surface area contributed by atoms with Gasteiger partial charge in [0.2, 0.25) is 0 Å². The fourth-order valence-corrected chi connectivity index (χ4v) is 4.15. The molecule has 0 spiro atoms. The summed E-state index contributed by atoms with van der Waals surface area (Å²) in [5.74, 6) is -0.0235. The lowest BCUT2D eigenvalue weighted by Crippen LogP contribution is -2.28. The fourth-order valence-electron chi connectivity index (χ4n) is 3.30. The molecule has 136 valence electrons. The Labute approximate surface area is 161 Å². The number of amides is 3. The lowest BCUT2D eigenvalue weighted by molar-refractivity contribution is 0.0993. The van der Waals surface area contributed by atoms with Gasteiger partial charge in [-0.15, -0.1) is 11.3 Å². The molecule has 3 aromatic rings. The SMILES string of the molecule is Cc1cccc2c1N(C(=O)c1ccc(NC(=O)Nc3ccccc3)s1)CC2. The van der Waals surface area contributed by atoms with E-state index < -0.39 is 0 Å². The van der Waals surface area contributed by atoms with Crippen molar-refractivity contribution < 1.29 is 9.59 Å². The number of fused-ring (bicyclic) bond motifs is 1. The van der Waals surface area contributed by atoms with E-state index in [0.29, 0.717) is 22.1 Å². The average molecular weight is 377 g/mol. The summed E-state index contributed by atoms with van der Waals surface area (Å²) in [7, 11) is 0. The number of carbonyl (C=O) groups is 2. The van der Waals surface area contributed by atoms with E-state index in [1.807, 2.05) is 54.3 Å². The lowest BCUT2D eigenvalue weighted by atomic mass is 10.1. The van der Waals surface area contributed by atoms with Crippen molar-refractivity contribution in [3.05, 3.63) is 76.7 Å². The predicted octanol–water partition coefficient (Wildman–Crippen LogP) is 4.90. The molecule has 0 saturated heterocycles. The molecular formula is C21H19N3O2S. The number of benzene rings is 2. The summed E-state index contributed by atoms with van der Waals surface area (Å²) < 4.78 is 0. The zero-order valence-electron chi connectivity index (χ0n) is 14.9. The zero-order chi connectivity index (χ0) is 18.8. The molecule has 5 nitrogen and oxygen atoms in total. The minimum Gasteiger partial charge on any atom is -0.308 e. The van der Waals surface area contributed by atoms with E-state index >= 15 is 0 Å². The molecule has 0 atom stereocenters. The van der Waals surface area contributed by atoms with Crippen molar-refractivity contribution in [1.82, 2.24) is 0 Å². The van der Waals surface area contributed by atoms with E-state index in [1.165, 1.54) is 16.9 Å². The normalized spacial score (nSPS) is 12.6. The van der Waals surface area contributed by atoms with E-state index in [1.54, 1.807) is 12.1 Å². The average Bonchev–Trinajstić information content (AvgIpc) is 3.30. The molecule has 0 bridgehead atoms. The highest BCUT2D eigenvalue weighted by Crippen LogP contribution is 2.34. The highest BCUT2D eigenvalue weighted by atomic mass is 32.1. The summed E-state index contributed by atoms with van der Waals surface area (Å²) in [6, 6.07) is 18.6. The Hall–Kier alpha value is -3.12. The second-order valence-corrected chi connectivity index (χ2v) is 7.48. The van der Waals surface area contributed by atoms with Crippen LogP contribution in [-0.2, 0) is 6.42 Å². The Kier molecular flexibility index (Phi) is 4.64. The maximum atomic E-state index is 13.0. The van der Waals surface area contributed by atoms with Crippen LogP contribution in [-0.4, -0.2) is 18.5 Å². The molecule has 0 saturated carbocycles. The van der Waals surface area contributed by atoms with E-state index in [9.17, 15) is 9.59 Å². The van der Waals surface area contributed by atoms with Gasteiger partial charge in [-0.1, -0.05) is 36.4 Å². The van der Waals surface area contributed by atoms with Crippen LogP contribution in [0.5, 0.6) is 0 Å². The number of hydrogen-bond donors (Lipinski definition) is 2. The molecule has 2 heterocycles. The summed E-state index contributed by atoms with van der Waals surface area (Å²) >= 11 is 1.28. The summed E-state index contributed by atoms with van der Waals surface area (Å²) in [5.41, 5.74) is 4.05. The summed E-state index contributed by atoms with van der Waals surface area (Å²) in [4.78, 5) is 27.5. The number of para-hydroxylation sites is 2. The maximum absolute atomic E-state index is 13.0. The maximum Gasteiger partial charge on any atom is 0.324 e. The highest BCUT2D eigenvalue weighted by molar-refractivity contribution is 7.18. The Morgan fingerprint density at radius 3 is 2.59 bits per heavy atom. The van der Waals surface area contributed by atoms with Gasteiger partial charge in [0.25, 0.3) is 5.91 Å². The molecule has 1 aromatic heterocycles. The van der Waals surface area contributed by atoms with Crippen molar-refractivity contribution in [2.45, 2.75) is 13.3 Å². The molecule has 27 heavy (non-hydrogen) atoms. The molecule has 1 aliphatic heterocycles. The number of hydrogen-bond acceptors (Lipinski definition) is 3. The quantitative estimate of drug-likeness (QED) is 0.682. The minimum atomic E-state index is -0.329. The molecule has 4 rings (SSSR count). The van der Waals surface area contributed by atoms with E-state index in [0.717, 1.165) is 17.7 Å². The molecule has 2 N–H and O–H groups in total. The molecule has 0 unspecified atom stereocenters. The van der Waals surface area contributed by atoms with Crippen molar-refractivity contribution in [3.63, 3.8) is 0 Å². The Balaban J connectivity index is 1.46. The Morgan fingerprint density at radius 1 is 0.963 bits per heavy atom. The summed E-state index contributed by atoms with van der Waals surface area (Å²) in [6.45, 7) is 2.72. The third-order valence-electron chi connectivity index (χ3n) is 4.53. The minimum absolute atomic E-state index is 0.0235. The lowest BCUT2D eigenvalue weighted by Gasteiger charge is -2.18. The van der Waals surface area contributed by atoms with Gasteiger partial charge in [-0.05, 0) is 48.7 Å². The first-order valence-electron chi connectivity index (χ1n) is 8.75. The third-order valence-corrected chi connectivity index (χ3v) is 5.51. The monoisotopic (exact) mass is 377 g/mol. The van der Waals surface area contributed by atoms with Crippen molar-refractivity contribution in [2.24, 2.45) is 0 Å². The van der Waals surface area contributed by atoms with Crippen LogP contribution in [0.15, 0.2) is 60.7 Å². The zero-order valence-corrected chi connectivity index (χ0v) is 15.7. The van der Waals surface area contributed by atoms with Crippen molar-refractivity contribution in [1.29, 1.82) is 0 Å². The Bertz CT molecular complexity index is 998. The number of anilines is 3. The molecule has 1 aliphatic rings. The van der Waals surface area contributed by atoms with E-state index in [4.69, 9.17) is 0 Å². The van der Waals surface area contributed by atoms with E-state index in [-0.39, 0.29) is 11.9 Å². The van der Waals surface area contributed by atoms with Crippen LogP contribution < -0.4 is 15.5 Å². The van der Waals surface area contributed by atoms with Crippen molar-refractivity contribution in [2.75, 3.05) is 22.1 Å². The van der Waals surface area contributed by atoms with Crippen LogP contribution in [0.25, 0.3) is 0 Å². The molecule has 0 aliphatic carbocycles. The number of rotatable bonds is 3. The number of nitrogens with zero attached hydrogens (tertiary/aromatic N) is 1. The first-order chi connectivity index (χ1) is 13.1. The topological polar surface area (TPSA) is 61.4 Å². The van der Waals surface area contributed by atoms with Crippen LogP contribution in [0, 0.1) is 6.92 Å². The van der Waals surface area contributed by atoms with E-state index in [2.05, 4.69) is 16.7 Å². The molecule has 2 aromatic carbocycles. The molecule has 6 heteroatoms. The van der Waals surface area contributed by atoms with Gasteiger partial charge in [0, 0.05) is 12.2 Å². The van der Waals surface area contributed by atoms with Crippen molar-refractivity contribution in [3.8, 4) is 0 Å². The second-order valence-electron chi connectivity index (χ2n) is 6.40. The predicted molar refractivity (Wildman–Crippen MR) is 110 cm³/mol. The van der Waals surface area contributed by atoms with Gasteiger partial charge in [0.1, 0.15) is 0 Å². The first kappa shape index (κ1) is 17.3. The number of nitrogens with one attached hydrogen (secondary N) is 2. The van der Waals surface area contributed by atoms with Crippen LogP contribution in [0.2, 0.25) is 0 Å². The van der Waals surface area contributed by atoms with Gasteiger partial charge in [-0.2, -0.15) is 0 Å². The summed E-state index contributed by atoms with van der Waals surface area (Å²) in [5, 5.41) is 6.19. The first-order valence-corrected chi connectivity index (χ1v) is 9.57. The van der Waals surface area contributed by atoms with Crippen LogP contribution >= 0.6 is 11.3 Å². The largest absolute Gasteiger partial charge is 0.324 e. The van der Waals surface area contributed by atoms with Gasteiger partial charge in [0.05, 0.1) is 15.6 Å². The van der Waals surface area contributed by atoms with Crippen LogP contribution in [0.4, 0.5) is 21.2 Å². The van der Waals surface area contributed by atoms with Gasteiger partial charge >= 0.3 is 6.03 Å². The van der Waals surface area contributed by atoms with Crippen molar-refractivity contribution >= 4 is 39.7 Å². The smallest absolute Gasteiger partial charge is 0.308 e. The van der Waals surface area contributed by atoms with Gasteiger partial charge in [-0.25, -0.2) is 4.79 Å². The highest BCUT2D eigenvalue weighted by Gasteiger charge is 2.27. The second kappa shape index (κ2) is 7.25. The number of carbonyl (C=O) groups excluding carboxylic acids is 2. The number of thiophene rings is 1. The number of urea groups is 1. The number of aryl methyl sites for hydroxylation is 1. The Morgan fingerprint density at radius 2 is 1.78 bits per heavy atom.